The highest BCUT2D eigenvalue weighted by Gasteiger charge is 2.35. The molecule has 0 N–H and O–H groups in total. The smallest absolute Gasteiger partial charge is 0.295 e. The molecule has 0 aromatic heterocycles. The zero-order valence-electron chi connectivity index (χ0n) is 8.78. The van der Waals surface area contributed by atoms with Crippen molar-refractivity contribution in [2.24, 2.45) is 0 Å². The Labute approximate surface area is 96.2 Å². The number of sulfone groups is 1. The van der Waals surface area contributed by atoms with Crippen LogP contribution in [-0.4, -0.2) is 26.1 Å². The number of benzene rings is 1. The normalized spacial score (nSPS) is 12.5. The molecule has 0 fully saturated rings. The average molecular weight is 266 g/mol. The largest absolute Gasteiger partial charge is 0.403 e. The van der Waals surface area contributed by atoms with E-state index in [1.54, 1.807) is 0 Å². The number of Topliss-reactive ketones (excluding diaryl/α,β-unsaturated/α-hetero) is 1. The molecule has 1 rings (SSSR count). The topological polar surface area (TPSA) is 51.2 Å². The zero-order valence-corrected chi connectivity index (χ0v) is 9.60. The Morgan fingerprint density at radius 1 is 1.18 bits per heavy atom. The van der Waals surface area contributed by atoms with Crippen molar-refractivity contribution in [3.8, 4) is 0 Å². The van der Waals surface area contributed by atoms with Crippen LogP contribution in [0.2, 0.25) is 0 Å². The van der Waals surface area contributed by atoms with Crippen molar-refractivity contribution in [1.82, 2.24) is 0 Å². The van der Waals surface area contributed by atoms with Gasteiger partial charge in [0.1, 0.15) is 0 Å². The van der Waals surface area contributed by atoms with Gasteiger partial charge in [-0.05, 0) is 19.1 Å². The summed E-state index contributed by atoms with van der Waals surface area (Å²) in [5.74, 6) is -2.19. The Morgan fingerprint density at radius 3 is 2.00 bits per heavy atom. The Morgan fingerprint density at radius 2 is 1.65 bits per heavy atom. The molecular weight excluding hydrogens is 257 g/mol. The maximum Gasteiger partial charge on any atom is 0.403 e. The summed E-state index contributed by atoms with van der Waals surface area (Å²) < 4.78 is 58.7. The van der Waals surface area contributed by atoms with E-state index in [2.05, 4.69) is 0 Å². The molecule has 7 heteroatoms. The Bertz CT molecular complexity index is 515. The van der Waals surface area contributed by atoms with Crippen molar-refractivity contribution in [2.75, 3.05) is 5.75 Å². The summed E-state index contributed by atoms with van der Waals surface area (Å²) in [5.41, 5.74) is 0.246. The molecule has 0 spiro atoms. The molecule has 0 bridgehead atoms. The van der Waals surface area contributed by atoms with Crippen LogP contribution < -0.4 is 0 Å². The highest BCUT2D eigenvalue weighted by Crippen LogP contribution is 2.22. The number of carbonyl (C=O) groups excluding carboxylic acids is 1. The van der Waals surface area contributed by atoms with Crippen LogP contribution in [-0.2, 0) is 9.84 Å². The van der Waals surface area contributed by atoms with Crippen molar-refractivity contribution < 1.29 is 26.4 Å². The van der Waals surface area contributed by atoms with Crippen LogP contribution in [0.15, 0.2) is 29.2 Å². The van der Waals surface area contributed by atoms with Crippen molar-refractivity contribution in [2.45, 2.75) is 18.0 Å². The van der Waals surface area contributed by atoms with Gasteiger partial charge in [0.25, 0.3) is 0 Å². The van der Waals surface area contributed by atoms with E-state index < -0.39 is 26.7 Å². The third kappa shape index (κ3) is 3.85. The zero-order chi connectivity index (χ0) is 13.3. The van der Waals surface area contributed by atoms with Gasteiger partial charge in [-0.1, -0.05) is 12.1 Å². The lowest BCUT2D eigenvalue weighted by Crippen LogP contribution is -2.22. The van der Waals surface area contributed by atoms with E-state index in [9.17, 15) is 26.4 Å². The second kappa shape index (κ2) is 4.48. The molecule has 0 heterocycles. The van der Waals surface area contributed by atoms with Gasteiger partial charge in [0.05, 0.1) is 4.90 Å². The lowest BCUT2D eigenvalue weighted by molar-refractivity contribution is -0.106. The summed E-state index contributed by atoms with van der Waals surface area (Å²) in [5, 5.41) is 0. The molecule has 1 aromatic rings. The molecule has 3 nitrogen and oxygen atoms in total. The first kappa shape index (κ1) is 13.7. The van der Waals surface area contributed by atoms with E-state index in [0.29, 0.717) is 0 Å². The Hall–Kier alpha value is -1.37. The van der Waals surface area contributed by atoms with Crippen molar-refractivity contribution in [3.05, 3.63) is 29.8 Å². The maximum absolute atomic E-state index is 12.0. The fraction of sp³-hybridized carbons (Fsp3) is 0.300. The first-order valence-electron chi connectivity index (χ1n) is 4.52. The molecule has 0 saturated carbocycles. The van der Waals surface area contributed by atoms with Gasteiger partial charge in [-0.25, -0.2) is 8.42 Å². The number of carbonyl (C=O) groups is 1. The number of hydrogen-bond acceptors (Lipinski definition) is 3. The maximum atomic E-state index is 12.0. The average Bonchev–Trinajstić information content (AvgIpc) is 2.14. The predicted octanol–water partition coefficient (Wildman–Crippen LogP) is 2.23. The molecule has 94 valence electrons. The standard InChI is InChI=1S/C10H9F3O3S/c1-7(14)8-2-4-9(5-3-8)17(15,16)6-10(11,12)13/h2-5H,6H2,1H3. The monoisotopic (exact) mass is 266 g/mol. The van der Waals surface area contributed by atoms with Gasteiger partial charge < -0.3 is 0 Å². The first-order chi connectivity index (χ1) is 7.62. The van der Waals surface area contributed by atoms with Gasteiger partial charge in [-0.2, -0.15) is 13.2 Å². The summed E-state index contributed by atoms with van der Waals surface area (Å²) in [4.78, 5) is 10.5. The number of alkyl halides is 3. The van der Waals surface area contributed by atoms with E-state index in [4.69, 9.17) is 0 Å². The number of halogens is 3. The number of ketones is 1. The minimum absolute atomic E-state index is 0.246. The van der Waals surface area contributed by atoms with E-state index >= 15 is 0 Å². The molecule has 0 aliphatic rings. The molecule has 1 aromatic carbocycles. The van der Waals surface area contributed by atoms with Crippen molar-refractivity contribution >= 4 is 15.6 Å². The molecule has 0 aliphatic heterocycles. The molecule has 0 aliphatic carbocycles. The highest BCUT2D eigenvalue weighted by molar-refractivity contribution is 7.91. The van der Waals surface area contributed by atoms with Crippen LogP contribution >= 0.6 is 0 Å². The lowest BCUT2D eigenvalue weighted by Gasteiger charge is -2.07. The van der Waals surface area contributed by atoms with Gasteiger partial charge in [-0.3, -0.25) is 4.79 Å². The van der Waals surface area contributed by atoms with Crippen LogP contribution in [0.3, 0.4) is 0 Å². The van der Waals surface area contributed by atoms with E-state index in [1.807, 2.05) is 0 Å². The van der Waals surface area contributed by atoms with Crippen molar-refractivity contribution in [1.29, 1.82) is 0 Å². The van der Waals surface area contributed by atoms with Gasteiger partial charge >= 0.3 is 6.18 Å². The first-order valence-corrected chi connectivity index (χ1v) is 6.17. The molecular formula is C10H9F3O3S. The minimum atomic E-state index is -4.78. The third-order valence-electron chi connectivity index (χ3n) is 1.97. The van der Waals surface area contributed by atoms with Gasteiger partial charge in [0.2, 0.25) is 0 Å². The van der Waals surface area contributed by atoms with Crippen LogP contribution in [0.25, 0.3) is 0 Å². The van der Waals surface area contributed by atoms with Gasteiger partial charge in [-0.15, -0.1) is 0 Å². The van der Waals surface area contributed by atoms with Gasteiger partial charge in [0.15, 0.2) is 21.4 Å². The van der Waals surface area contributed by atoms with Crippen LogP contribution in [0.4, 0.5) is 13.2 Å². The van der Waals surface area contributed by atoms with Crippen LogP contribution in [0.5, 0.6) is 0 Å². The molecule has 0 atom stereocenters. The van der Waals surface area contributed by atoms with Crippen LogP contribution in [0.1, 0.15) is 17.3 Å². The summed E-state index contributed by atoms with van der Waals surface area (Å²) in [6, 6.07) is 4.37. The van der Waals surface area contributed by atoms with E-state index in [-0.39, 0.29) is 11.3 Å². The summed E-state index contributed by atoms with van der Waals surface area (Å²) in [6.45, 7) is 1.28. The molecule has 17 heavy (non-hydrogen) atoms. The van der Waals surface area contributed by atoms with E-state index in [0.717, 1.165) is 12.1 Å². The summed E-state index contributed by atoms with van der Waals surface area (Å²) >= 11 is 0. The molecule has 0 unspecified atom stereocenters. The summed E-state index contributed by atoms with van der Waals surface area (Å²) in [6.07, 6.45) is -4.78. The van der Waals surface area contributed by atoms with Crippen molar-refractivity contribution in [3.63, 3.8) is 0 Å². The SMILES string of the molecule is CC(=O)c1ccc(S(=O)(=O)CC(F)(F)F)cc1. The molecule has 0 radical (unpaired) electrons. The second-order valence-corrected chi connectivity index (χ2v) is 5.44. The second-order valence-electron chi connectivity index (χ2n) is 3.45. The quantitative estimate of drug-likeness (QED) is 0.788. The van der Waals surface area contributed by atoms with Gasteiger partial charge in [0, 0.05) is 5.56 Å². The summed E-state index contributed by atoms with van der Waals surface area (Å²) in [7, 11) is -4.40. The number of rotatable bonds is 3. The Balaban J connectivity index is 3.05. The minimum Gasteiger partial charge on any atom is -0.295 e. The fourth-order valence-corrected chi connectivity index (χ4v) is 2.34. The highest BCUT2D eigenvalue weighted by atomic mass is 32.2. The third-order valence-corrected chi connectivity index (χ3v) is 3.67. The predicted molar refractivity (Wildman–Crippen MR) is 54.6 cm³/mol. The molecule has 0 saturated heterocycles. The van der Waals surface area contributed by atoms with Crippen LogP contribution in [0, 0.1) is 0 Å². The molecule has 0 amide bonds. The Kier molecular flexibility index (Phi) is 3.61. The van der Waals surface area contributed by atoms with E-state index in [1.165, 1.54) is 19.1 Å². The fourth-order valence-electron chi connectivity index (χ4n) is 1.20. The lowest BCUT2D eigenvalue weighted by atomic mass is 10.2. The number of hydrogen-bond donors (Lipinski definition) is 0.